The molecule has 2 nitrogen and oxygen atoms in total. The minimum atomic E-state index is 0.217. The predicted molar refractivity (Wildman–Crippen MR) is 87.6 cm³/mol. The molecule has 2 heteroatoms. The molecule has 2 atom stereocenters. The van der Waals surface area contributed by atoms with E-state index in [9.17, 15) is 0 Å². The van der Waals surface area contributed by atoms with Gasteiger partial charge in [0.1, 0.15) is 0 Å². The number of hydrogen-bond acceptors (Lipinski definition) is 2. The van der Waals surface area contributed by atoms with Crippen LogP contribution < -0.4 is 5.32 Å². The first-order chi connectivity index (χ1) is 8.53. The smallest absolute Gasteiger partial charge is 0.0105 e. The summed E-state index contributed by atoms with van der Waals surface area (Å²) < 4.78 is 0. The lowest BCUT2D eigenvalue weighted by molar-refractivity contribution is 0.124. The molecule has 0 aromatic carbocycles. The fourth-order valence-corrected chi connectivity index (χ4v) is 2.34. The SMILES string of the molecule is CC(C)CN(CC(C)C)C(C)C(C)CNC(C)(C)C. The molecule has 0 saturated heterocycles. The molecule has 19 heavy (non-hydrogen) atoms. The Labute approximate surface area is 122 Å². The molecule has 0 rings (SSSR count). The Balaban J connectivity index is 4.46. The molecule has 0 aromatic heterocycles. The fourth-order valence-electron chi connectivity index (χ4n) is 2.34. The summed E-state index contributed by atoms with van der Waals surface area (Å²) >= 11 is 0. The van der Waals surface area contributed by atoms with Gasteiger partial charge in [0.05, 0.1) is 0 Å². The van der Waals surface area contributed by atoms with Crippen molar-refractivity contribution in [2.75, 3.05) is 19.6 Å². The lowest BCUT2D eigenvalue weighted by Gasteiger charge is -2.36. The van der Waals surface area contributed by atoms with Crippen LogP contribution in [0, 0.1) is 17.8 Å². The van der Waals surface area contributed by atoms with E-state index in [0.717, 1.165) is 18.4 Å². The number of nitrogens with zero attached hydrogens (tertiary/aromatic N) is 1. The molecular weight excluding hydrogens is 232 g/mol. The van der Waals surface area contributed by atoms with Crippen molar-refractivity contribution in [1.29, 1.82) is 0 Å². The first-order valence-electron chi connectivity index (χ1n) is 8.02. The topological polar surface area (TPSA) is 15.3 Å². The first-order valence-corrected chi connectivity index (χ1v) is 8.02. The zero-order valence-corrected chi connectivity index (χ0v) is 14.9. The molecule has 1 N–H and O–H groups in total. The molecule has 0 fully saturated rings. The van der Waals surface area contributed by atoms with Crippen LogP contribution in [0.4, 0.5) is 0 Å². The Morgan fingerprint density at radius 2 is 1.26 bits per heavy atom. The highest BCUT2D eigenvalue weighted by Crippen LogP contribution is 2.15. The van der Waals surface area contributed by atoms with Crippen molar-refractivity contribution >= 4 is 0 Å². The molecule has 0 aliphatic carbocycles. The second-order valence-corrected chi connectivity index (χ2v) is 8.09. The van der Waals surface area contributed by atoms with Gasteiger partial charge in [-0.05, 0) is 52.0 Å². The zero-order chi connectivity index (χ0) is 15.2. The minimum absolute atomic E-state index is 0.217. The Hall–Kier alpha value is -0.0800. The number of hydrogen-bond donors (Lipinski definition) is 1. The van der Waals surface area contributed by atoms with Gasteiger partial charge in [0.15, 0.2) is 0 Å². The quantitative estimate of drug-likeness (QED) is 0.717. The van der Waals surface area contributed by atoms with E-state index in [0.29, 0.717) is 12.0 Å². The molecule has 0 spiro atoms. The average Bonchev–Trinajstić information content (AvgIpc) is 2.21. The van der Waals surface area contributed by atoms with Gasteiger partial charge in [-0.15, -0.1) is 0 Å². The van der Waals surface area contributed by atoms with E-state index in [1.165, 1.54) is 13.1 Å². The van der Waals surface area contributed by atoms with Gasteiger partial charge < -0.3 is 5.32 Å². The van der Waals surface area contributed by atoms with Crippen LogP contribution >= 0.6 is 0 Å². The fraction of sp³-hybridized carbons (Fsp3) is 1.00. The minimum Gasteiger partial charge on any atom is -0.312 e. The summed E-state index contributed by atoms with van der Waals surface area (Å²) in [7, 11) is 0. The van der Waals surface area contributed by atoms with Crippen molar-refractivity contribution in [2.45, 2.75) is 73.9 Å². The largest absolute Gasteiger partial charge is 0.312 e. The van der Waals surface area contributed by atoms with Crippen molar-refractivity contribution in [3.05, 3.63) is 0 Å². The predicted octanol–water partition coefficient (Wildman–Crippen LogP) is 4.01. The third-order valence-electron chi connectivity index (χ3n) is 3.55. The molecule has 2 unspecified atom stereocenters. The molecule has 0 saturated carbocycles. The van der Waals surface area contributed by atoms with Crippen molar-refractivity contribution in [3.63, 3.8) is 0 Å². The highest BCUT2D eigenvalue weighted by atomic mass is 15.2. The van der Waals surface area contributed by atoms with Crippen molar-refractivity contribution in [3.8, 4) is 0 Å². The summed E-state index contributed by atoms with van der Waals surface area (Å²) in [5.41, 5.74) is 0.217. The molecule has 0 aliphatic rings. The highest BCUT2D eigenvalue weighted by Gasteiger charge is 2.22. The van der Waals surface area contributed by atoms with Gasteiger partial charge in [-0.1, -0.05) is 34.6 Å². The summed E-state index contributed by atoms with van der Waals surface area (Å²) in [6.07, 6.45) is 0. The van der Waals surface area contributed by atoms with Crippen LogP contribution in [0.3, 0.4) is 0 Å². The summed E-state index contributed by atoms with van der Waals surface area (Å²) in [4.78, 5) is 2.67. The summed E-state index contributed by atoms with van der Waals surface area (Å²) in [5, 5.41) is 3.64. The van der Waals surface area contributed by atoms with Gasteiger partial charge in [-0.2, -0.15) is 0 Å². The van der Waals surface area contributed by atoms with Gasteiger partial charge >= 0.3 is 0 Å². The van der Waals surface area contributed by atoms with Crippen LogP contribution in [0.15, 0.2) is 0 Å². The van der Waals surface area contributed by atoms with Crippen molar-refractivity contribution in [2.24, 2.45) is 17.8 Å². The molecule has 116 valence electrons. The van der Waals surface area contributed by atoms with E-state index in [4.69, 9.17) is 0 Å². The standard InChI is InChI=1S/C17H38N2/c1-13(2)11-19(12-14(3)4)16(6)15(5)10-18-17(7,8)9/h13-16,18H,10-12H2,1-9H3. The van der Waals surface area contributed by atoms with Crippen LogP contribution in [-0.4, -0.2) is 36.1 Å². The van der Waals surface area contributed by atoms with E-state index in [1.807, 2.05) is 0 Å². The summed E-state index contributed by atoms with van der Waals surface area (Å²) in [6.45, 7) is 24.3. The maximum atomic E-state index is 3.64. The molecule has 0 aromatic rings. The summed E-state index contributed by atoms with van der Waals surface area (Å²) in [6, 6.07) is 0.639. The third kappa shape index (κ3) is 9.45. The van der Waals surface area contributed by atoms with Gasteiger partial charge in [-0.25, -0.2) is 0 Å². The van der Waals surface area contributed by atoms with Crippen LogP contribution in [0.5, 0.6) is 0 Å². The summed E-state index contributed by atoms with van der Waals surface area (Å²) in [5.74, 6) is 2.16. The zero-order valence-electron chi connectivity index (χ0n) is 14.9. The first kappa shape index (κ1) is 18.9. The molecule has 0 bridgehead atoms. The highest BCUT2D eigenvalue weighted by molar-refractivity contribution is 4.79. The van der Waals surface area contributed by atoms with Gasteiger partial charge in [0.2, 0.25) is 0 Å². The van der Waals surface area contributed by atoms with Crippen LogP contribution in [0.25, 0.3) is 0 Å². The van der Waals surface area contributed by atoms with Gasteiger partial charge in [0.25, 0.3) is 0 Å². The van der Waals surface area contributed by atoms with E-state index < -0.39 is 0 Å². The van der Waals surface area contributed by atoms with E-state index >= 15 is 0 Å². The van der Waals surface area contributed by atoms with Gasteiger partial charge in [-0.3, -0.25) is 4.90 Å². The third-order valence-corrected chi connectivity index (χ3v) is 3.55. The van der Waals surface area contributed by atoms with Crippen molar-refractivity contribution in [1.82, 2.24) is 10.2 Å². The molecular formula is C17H38N2. The normalized spacial score (nSPS) is 16.4. The Morgan fingerprint density at radius 3 is 1.58 bits per heavy atom. The Morgan fingerprint density at radius 1 is 0.842 bits per heavy atom. The number of rotatable bonds is 8. The monoisotopic (exact) mass is 270 g/mol. The molecule has 0 aliphatic heterocycles. The van der Waals surface area contributed by atoms with Crippen LogP contribution in [-0.2, 0) is 0 Å². The van der Waals surface area contributed by atoms with E-state index in [2.05, 4.69) is 72.5 Å². The van der Waals surface area contributed by atoms with Gasteiger partial charge in [0, 0.05) is 24.7 Å². The second kappa shape index (κ2) is 8.26. The molecule has 0 radical (unpaired) electrons. The second-order valence-electron chi connectivity index (χ2n) is 8.09. The molecule has 0 amide bonds. The maximum absolute atomic E-state index is 3.64. The maximum Gasteiger partial charge on any atom is 0.0105 e. The lowest BCUT2D eigenvalue weighted by Crippen LogP contribution is -2.47. The van der Waals surface area contributed by atoms with Crippen molar-refractivity contribution < 1.29 is 0 Å². The Kier molecular flexibility index (Phi) is 8.23. The Bertz CT molecular complexity index is 218. The molecule has 0 heterocycles. The number of nitrogens with one attached hydrogen (secondary N) is 1. The van der Waals surface area contributed by atoms with Crippen LogP contribution in [0.2, 0.25) is 0 Å². The van der Waals surface area contributed by atoms with E-state index in [1.54, 1.807) is 0 Å². The van der Waals surface area contributed by atoms with Crippen LogP contribution in [0.1, 0.15) is 62.3 Å². The average molecular weight is 271 g/mol. The van der Waals surface area contributed by atoms with E-state index in [-0.39, 0.29) is 5.54 Å². The lowest BCUT2D eigenvalue weighted by atomic mass is 9.98.